The first-order valence-corrected chi connectivity index (χ1v) is 8.72. The Bertz CT molecular complexity index is 842. The zero-order valence-corrected chi connectivity index (χ0v) is 14.6. The van der Waals surface area contributed by atoms with Crippen LogP contribution in [0.15, 0.2) is 18.5 Å². The topological polar surface area (TPSA) is 77.0 Å². The number of nitrogen functional groups attached to an aromatic ring is 1. The van der Waals surface area contributed by atoms with Gasteiger partial charge in [0.15, 0.2) is 0 Å². The van der Waals surface area contributed by atoms with Gasteiger partial charge in [0.1, 0.15) is 17.7 Å². The lowest BCUT2D eigenvalue weighted by molar-refractivity contribution is -0.137. The van der Waals surface area contributed by atoms with Gasteiger partial charge in [-0.15, -0.1) is 0 Å². The van der Waals surface area contributed by atoms with Crippen molar-refractivity contribution in [2.45, 2.75) is 50.9 Å². The minimum absolute atomic E-state index is 0.0325. The molecule has 8 heteroatoms. The second-order valence-corrected chi connectivity index (χ2v) is 7.90. The van der Waals surface area contributed by atoms with Crippen molar-refractivity contribution in [1.82, 2.24) is 14.5 Å². The van der Waals surface area contributed by atoms with Gasteiger partial charge in [-0.2, -0.15) is 13.2 Å². The fourth-order valence-corrected chi connectivity index (χ4v) is 3.99. The van der Waals surface area contributed by atoms with Crippen molar-refractivity contribution in [2.24, 2.45) is 11.8 Å². The van der Waals surface area contributed by atoms with Crippen molar-refractivity contribution in [1.29, 1.82) is 0 Å². The number of aliphatic hydroxyl groups is 1. The molecule has 26 heavy (non-hydrogen) atoms. The fraction of sp³-hybridized carbons (Fsp3) is 0.556. The van der Waals surface area contributed by atoms with Gasteiger partial charge in [-0.1, -0.05) is 13.8 Å². The first kappa shape index (κ1) is 17.3. The molecule has 2 aromatic heterocycles. The van der Waals surface area contributed by atoms with Crippen LogP contribution in [-0.2, 0) is 11.7 Å². The Hall–Kier alpha value is -2.09. The van der Waals surface area contributed by atoms with Crippen LogP contribution in [0, 0.1) is 11.8 Å². The van der Waals surface area contributed by atoms with E-state index in [1.54, 1.807) is 6.20 Å². The third-order valence-corrected chi connectivity index (χ3v) is 5.67. The highest BCUT2D eigenvalue weighted by Gasteiger charge is 2.58. The Morgan fingerprint density at radius 1 is 1.31 bits per heavy atom. The van der Waals surface area contributed by atoms with Crippen LogP contribution in [0.3, 0.4) is 0 Å². The quantitative estimate of drug-likeness (QED) is 0.864. The second kappa shape index (κ2) is 5.45. The number of pyridine rings is 1. The highest BCUT2D eigenvalue weighted by molar-refractivity contribution is 5.62. The molecule has 5 nitrogen and oxygen atoms in total. The molecule has 0 aromatic carbocycles. The second-order valence-electron chi connectivity index (χ2n) is 7.90. The van der Waals surface area contributed by atoms with E-state index >= 15 is 0 Å². The van der Waals surface area contributed by atoms with E-state index in [0.717, 1.165) is 31.2 Å². The van der Waals surface area contributed by atoms with Crippen LogP contribution in [-0.4, -0.2) is 19.6 Å². The van der Waals surface area contributed by atoms with Crippen LogP contribution in [0.4, 0.5) is 19.0 Å². The number of hydrogen-bond donors (Lipinski definition) is 2. The Morgan fingerprint density at radius 2 is 1.96 bits per heavy atom. The van der Waals surface area contributed by atoms with Crippen molar-refractivity contribution in [2.75, 3.05) is 5.73 Å². The van der Waals surface area contributed by atoms with E-state index in [1.165, 1.54) is 6.20 Å². The van der Waals surface area contributed by atoms with Gasteiger partial charge in [-0.3, -0.25) is 0 Å². The summed E-state index contributed by atoms with van der Waals surface area (Å²) in [6.45, 7) is 3.77. The van der Waals surface area contributed by atoms with Gasteiger partial charge in [-0.25, -0.2) is 9.97 Å². The Kier molecular flexibility index (Phi) is 3.63. The summed E-state index contributed by atoms with van der Waals surface area (Å²) in [5, 5.41) is 10.6. The fourth-order valence-electron chi connectivity index (χ4n) is 3.99. The Balaban J connectivity index is 1.79. The summed E-state index contributed by atoms with van der Waals surface area (Å²) in [7, 11) is 0. The van der Waals surface area contributed by atoms with Gasteiger partial charge in [0.25, 0.3) is 0 Å². The number of nitrogens with two attached hydrogens (primary N) is 1. The summed E-state index contributed by atoms with van der Waals surface area (Å²) in [4.78, 5) is 8.19. The maximum absolute atomic E-state index is 13.1. The number of rotatable bonds is 4. The van der Waals surface area contributed by atoms with Gasteiger partial charge >= 0.3 is 6.18 Å². The third-order valence-electron chi connectivity index (χ3n) is 5.67. The molecule has 0 unspecified atom stereocenters. The van der Waals surface area contributed by atoms with Crippen LogP contribution in [0.25, 0.3) is 11.3 Å². The van der Waals surface area contributed by atoms with Crippen LogP contribution in [0.2, 0.25) is 0 Å². The number of anilines is 1. The number of aromatic nitrogens is 3. The van der Waals surface area contributed by atoms with Crippen molar-refractivity contribution in [3.05, 3.63) is 29.8 Å². The minimum atomic E-state index is -4.58. The van der Waals surface area contributed by atoms with Gasteiger partial charge in [0, 0.05) is 23.5 Å². The number of nitrogens with zero attached hydrogens (tertiary/aromatic N) is 3. The predicted molar refractivity (Wildman–Crippen MR) is 90.0 cm³/mol. The molecule has 3 aliphatic rings. The highest BCUT2D eigenvalue weighted by Crippen LogP contribution is 2.63. The highest BCUT2D eigenvalue weighted by atomic mass is 19.4. The van der Waals surface area contributed by atoms with Crippen LogP contribution >= 0.6 is 0 Å². The number of imidazole rings is 1. The van der Waals surface area contributed by atoms with E-state index in [9.17, 15) is 18.3 Å². The number of hydrogen-bond acceptors (Lipinski definition) is 4. The number of halogens is 3. The van der Waals surface area contributed by atoms with Crippen LogP contribution in [0.1, 0.15) is 50.6 Å². The average molecular weight is 366 g/mol. The van der Waals surface area contributed by atoms with Gasteiger partial charge in [0.05, 0.1) is 11.3 Å². The molecule has 3 aliphatic carbocycles. The first-order chi connectivity index (χ1) is 12.1. The van der Waals surface area contributed by atoms with Gasteiger partial charge < -0.3 is 15.4 Å². The maximum Gasteiger partial charge on any atom is 0.419 e. The molecule has 3 saturated carbocycles. The summed E-state index contributed by atoms with van der Waals surface area (Å²) in [6, 6.07) is 0.975. The Labute approximate surface area is 149 Å². The van der Waals surface area contributed by atoms with Crippen molar-refractivity contribution in [3.8, 4) is 11.3 Å². The van der Waals surface area contributed by atoms with E-state index in [4.69, 9.17) is 5.73 Å². The van der Waals surface area contributed by atoms with E-state index in [-0.39, 0.29) is 17.0 Å². The molecule has 0 radical (unpaired) electrons. The summed E-state index contributed by atoms with van der Waals surface area (Å²) in [5.74, 6) is 0.632. The molecule has 0 aliphatic heterocycles. The number of alkyl halides is 3. The lowest BCUT2D eigenvalue weighted by Gasteiger charge is -2.62. The van der Waals surface area contributed by atoms with E-state index in [2.05, 4.69) is 9.97 Å². The molecule has 3 N–H and O–H groups in total. The molecule has 0 amide bonds. The molecular weight excluding hydrogens is 345 g/mol. The molecule has 5 rings (SSSR count). The van der Waals surface area contributed by atoms with E-state index in [1.807, 2.05) is 18.4 Å². The van der Waals surface area contributed by atoms with E-state index in [0.29, 0.717) is 11.5 Å². The van der Waals surface area contributed by atoms with Crippen molar-refractivity contribution < 1.29 is 18.3 Å². The zero-order chi connectivity index (χ0) is 18.9. The van der Waals surface area contributed by atoms with Crippen LogP contribution < -0.4 is 5.73 Å². The molecular formula is C18H21F3N4O. The maximum atomic E-state index is 13.1. The van der Waals surface area contributed by atoms with Crippen LogP contribution in [0.5, 0.6) is 0 Å². The third kappa shape index (κ3) is 2.50. The normalized spacial score (nSPS) is 25.7. The summed E-state index contributed by atoms with van der Waals surface area (Å²) >= 11 is 0. The molecule has 1 atom stereocenters. The van der Waals surface area contributed by atoms with E-state index < -0.39 is 23.7 Å². The molecule has 2 aromatic rings. The van der Waals surface area contributed by atoms with Gasteiger partial charge in [0.2, 0.25) is 0 Å². The zero-order valence-electron chi connectivity index (χ0n) is 14.6. The van der Waals surface area contributed by atoms with Crippen molar-refractivity contribution in [3.63, 3.8) is 0 Å². The summed E-state index contributed by atoms with van der Waals surface area (Å²) in [5.41, 5.74) is 5.00. The lowest BCUT2D eigenvalue weighted by Crippen LogP contribution is -2.59. The lowest BCUT2D eigenvalue weighted by atomic mass is 9.49. The molecule has 140 valence electrons. The first-order valence-electron chi connectivity index (χ1n) is 8.72. The largest absolute Gasteiger partial charge is 0.419 e. The average Bonchev–Trinajstić information content (AvgIpc) is 2.87. The Morgan fingerprint density at radius 3 is 2.46 bits per heavy atom. The SMILES string of the molecule is CC(C)[C@H](O)c1nc(-c2cnc(N)c(C(F)(F)F)c2)cn1C12CC(C1)C2. The van der Waals surface area contributed by atoms with Crippen molar-refractivity contribution >= 4 is 5.82 Å². The standard InChI is InChI=1S/C18H21F3N4O/c1-9(2)14(26)16-24-13(8-25(16)17-4-10(5-17)6-17)11-3-12(18(19,20)21)15(22)23-7-11/h3,7-10,14,26H,4-6H2,1-2H3,(H2,22,23)/t10?,14-,17?/m0/s1. The molecule has 2 bridgehead atoms. The summed E-state index contributed by atoms with van der Waals surface area (Å²) in [6.07, 6.45) is 0.803. The van der Waals surface area contributed by atoms with Gasteiger partial charge in [-0.05, 0) is 37.2 Å². The smallest absolute Gasteiger partial charge is 0.385 e. The monoisotopic (exact) mass is 366 g/mol. The number of aliphatic hydroxyl groups excluding tert-OH is 1. The molecule has 3 fully saturated rings. The molecule has 0 saturated heterocycles. The minimum Gasteiger partial charge on any atom is -0.385 e. The molecule has 2 heterocycles. The summed E-state index contributed by atoms with van der Waals surface area (Å²) < 4.78 is 41.4. The molecule has 0 spiro atoms. The predicted octanol–water partition coefficient (Wildman–Crippen LogP) is 3.74.